The van der Waals surface area contributed by atoms with Crippen molar-refractivity contribution in [1.29, 1.82) is 0 Å². The van der Waals surface area contributed by atoms with E-state index in [2.05, 4.69) is 0 Å². The summed E-state index contributed by atoms with van der Waals surface area (Å²) in [6.07, 6.45) is 0.496. The van der Waals surface area contributed by atoms with E-state index in [0.29, 0.717) is 19.6 Å². The molecule has 5 heteroatoms. The van der Waals surface area contributed by atoms with Gasteiger partial charge in [-0.15, -0.1) is 0 Å². The molecule has 1 aliphatic heterocycles. The van der Waals surface area contributed by atoms with Crippen LogP contribution in [0.1, 0.15) is 12.0 Å². The van der Waals surface area contributed by atoms with Crippen molar-refractivity contribution in [2.75, 3.05) is 13.2 Å². The van der Waals surface area contributed by atoms with E-state index < -0.39 is 5.97 Å². The van der Waals surface area contributed by atoms with Gasteiger partial charge in [0, 0.05) is 6.42 Å². The van der Waals surface area contributed by atoms with E-state index in [1.807, 2.05) is 48.5 Å². The highest BCUT2D eigenvalue weighted by Gasteiger charge is 2.21. The topological polar surface area (TPSA) is 65.0 Å². The fraction of sp³-hybridized carbons (Fsp3) is 0.278. The molecule has 1 atom stereocenters. The van der Waals surface area contributed by atoms with Gasteiger partial charge in [-0.1, -0.05) is 24.3 Å². The largest absolute Gasteiger partial charge is 0.490 e. The average Bonchev–Trinajstić information content (AvgIpc) is 2.59. The summed E-state index contributed by atoms with van der Waals surface area (Å²) < 4.78 is 17.2. The molecule has 0 radical (unpaired) electrons. The van der Waals surface area contributed by atoms with E-state index >= 15 is 0 Å². The summed E-state index contributed by atoms with van der Waals surface area (Å²) in [7, 11) is 0. The Morgan fingerprint density at radius 3 is 2.61 bits per heavy atom. The molecular formula is C18H18O5. The van der Waals surface area contributed by atoms with Gasteiger partial charge in [-0.3, -0.25) is 4.79 Å². The van der Waals surface area contributed by atoms with E-state index in [9.17, 15) is 4.79 Å². The fourth-order valence-corrected chi connectivity index (χ4v) is 2.34. The molecule has 1 N–H and O–H groups in total. The van der Waals surface area contributed by atoms with Gasteiger partial charge in [0.25, 0.3) is 0 Å². The molecule has 0 spiro atoms. The molecule has 2 aromatic rings. The second-order valence-electron chi connectivity index (χ2n) is 5.35. The lowest BCUT2D eigenvalue weighted by molar-refractivity contribution is -0.136. The molecule has 0 amide bonds. The maximum absolute atomic E-state index is 10.6. The number of hydrogen-bond acceptors (Lipinski definition) is 4. The van der Waals surface area contributed by atoms with E-state index in [1.54, 1.807) is 0 Å². The maximum Gasteiger partial charge on any atom is 0.303 e. The number of benzene rings is 2. The maximum atomic E-state index is 10.6. The van der Waals surface area contributed by atoms with Crippen LogP contribution in [0.5, 0.6) is 17.2 Å². The summed E-state index contributed by atoms with van der Waals surface area (Å²) >= 11 is 0. The van der Waals surface area contributed by atoms with Crippen molar-refractivity contribution < 1.29 is 24.1 Å². The molecule has 0 saturated carbocycles. The highest BCUT2D eigenvalue weighted by molar-refractivity contribution is 5.67. The second kappa shape index (κ2) is 7.05. The molecule has 1 heterocycles. The Kier molecular flexibility index (Phi) is 4.66. The standard InChI is InChI=1S/C18H18O5/c19-18(20)10-7-13-5-8-14(9-6-13)21-11-15-12-22-16-3-1-2-4-17(16)23-15/h1-6,8-9,15H,7,10-12H2,(H,19,20). The summed E-state index contributed by atoms with van der Waals surface area (Å²) in [5.41, 5.74) is 0.978. The lowest BCUT2D eigenvalue weighted by Crippen LogP contribution is -2.34. The SMILES string of the molecule is O=C(O)CCc1ccc(OCC2COc3ccccc3O2)cc1. The molecule has 5 nitrogen and oxygen atoms in total. The third kappa shape index (κ3) is 4.16. The van der Waals surface area contributed by atoms with Crippen LogP contribution in [0, 0.1) is 0 Å². The van der Waals surface area contributed by atoms with E-state index in [-0.39, 0.29) is 12.5 Å². The number of aliphatic carboxylic acids is 1. The first-order valence-electron chi connectivity index (χ1n) is 7.53. The van der Waals surface area contributed by atoms with E-state index in [1.165, 1.54) is 0 Å². The summed E-state index contributed by atoms with van der Waals surface area (Å²) in [6.45, 7) is 0.844. The molecule has 0 fully saturated rings. The number of fused-ring (bicyclic) bond motifs is 1. The van der Waals surface area contributed by atoms with Crippen LogP contribution >= 0.6 is 0 Å². The average molecular weight is 314 g/mol. The number of carbonyl (C=O) groups is 1. The predicted octanol–water partition coefficient (Wildman–Crippen LogP) is 2.92. The Hall–Kier alpha value is -2.69. The van der Waals surface area contributed by atoms with Crippen LogP contribution in [0.3, 0.4) is 0 Å². The summed E-state index contributed by atoms with van der Waals surface area (Å²) in [5.74, 6) is 1.43. The Bertz CT molecular complexity index is 665. The Labute approximate surface area is 134 Å². The van der Waals surface area contributed by atoms with Crippen LogP contribution in [-0.4, -0.2) is 30.4 Å². The van der Waals surface area contributed by atoms with Crippen molar-refractivity contribution in [3.05, 3.63) is 54.1 Å². The smallest absolute Gasteiger partial charge is 0.303 e. The van der Waals surface area contributed by atoms with Gasteiger partial charge in [-0.2, -0.15) is 0 Å². The zero-order valence-electron chi connectivity index (χ0n) is 12.6. The number of carboxylic acids is 1. The molecule has 0 aromatic heterocycles. The first-order chi connectivity index (χ1) is 11.2. The Morgan fingerprint density at radius 1 is 1.13 bits per heavy atom. The molecular weight excluding hydrogens is 296 g/mol. The first kappa shape index (κ1) is 15.2. The van der Waals surface area contributed by atoms with Crippen LogP contribution in [0.25, 0.3) is 0 Å². The van der Waals surface area contributed by atoms with Crippen LogP contribution < -0.4 is 14.2 Å². The van der Waals surface area contributed by atoms with Gasteiger partial charge in [0.15, 0.2) is 17.6 Å². The van der Waals surface area contributed by atoms with E-state index in [0.717, 1.165) is 22.8 Å². The highest BCUT2D eigenvalue weighted by atomic mass is 16.6. The van der Waals surface area contributed by atoms with Crippen molar-refractivity contribution >= 4 is 5.97 Å². The molecule has 0 bridgehead atoms. The molecule has 3 rings (SSSR count). The van der Waals surface area contributed by atoms with Gasteiger partial charge in [-0.05, 0) is 36.2 Å². The van der Waals surface area contributed by atoms with Gasteiger partial charge in [-0.25, -0.2) is 0 Å². The van der Waals surface area contributed by atoms with Crippen molar-refractivity contribution in [3.63, 3.8) is 0 Å². The minimum absolute atomic E-state index is 0.132. The third-order valence-electron chi connectivity index (χ3n) is 3.55. The minimum atomic E-state index is -0.792. The van der Waals surface area contributed by atoms with Crippen molar-refractivity contribution in [2.24, 2.45) is 0 Å². The van der Waals surface area contributed by atoms with Crippen molar-refractivity contribution in [1.82, 2.24) is 0 Å². The zero-order chi connectivity index (χ0) is 16.1. The highest BCUT2D eigenvalue weighted by Crippen LogP contribution is 2.31. The number of aryl methyl sites for hydroxylation is 1. The Morgan fingerprint density at radius 2 is 1.87 bits per heavy atom. The van der Waals surface area contributed by atoms with Gasteiger partial charge in [0.1, 0.15) is 19.0 Å². The number of carboxylic acid groups (broad SMARTS) is 1. The summed E-state index contributed by atoms with van der Waals surface area (Å²) in [5, 5.41) is 8.68. The molecule has 0 saturated heterocycles. The summed E-state index contributed by atoms with van der Waals surface area (Å²) in [6, 6.07) is 15.0. The molecule has 1 unspecified atom stereocenters. The van der Waals surface area contributed by atoms with Crippen LogP contribution in [0.15, 0.2) is 48.5 Å². The lowest BCUT2D eigenvalue weighted by Gasteiger charge is -2.26. The first-order valence-corrected chi connectivity index (χ1v) is 7.53. The quantitative estimate of drug-likeness (QED) is 0.888. The van der Waals surface area contributed by atoms with Gasteiger partial charge in [0.2, 0.25) is 0 Å². The number of rotatable bonds is 6. The molecule has 2 aromatic carbocycles. The molecule has 120 valence electrons. The third-order valence-corrected chi connectivity index (χ3v) is 3.55. The second-order valence-corrected chi connectivity index (χ2v) is 5.35. The molecule has 23 heavy (non-hydrogen) atoms. The lowest BCUT2D eigenvalue weighted by atomic mass is 10.1. The fourth-order valence-electron chi connectivity index (χ4n) is 2.34. The van der Waals surface area contributed by atoms with Crippen LogP contribution in [0.2, 0.25) is 0 Å². The number of ether oxygens (including phenoxy) is 3. The predicted molar refractivity (Wildman–Crippen MR) is 84.2 cm³/mol. The monoisotopic (exact) mass is 314 g/mol. The number of para-hydroxylation sites is 2. The van der Waals surface area contributed by atoms with Crippen molar-refractivity contribution in [2.45, 2.75) is 18.9 Å². The van der Waals surface area contributed by atoms with Crippen LogP contribution in [-0.2, 0) is 11.2 Å². The molecule has 0 aliphatic carbocycles. The molecule has 1 aliphatic rings. The van der Waals surface area contributed by atoms with Crippen molar-refractivity contribution in [3.8, 4) is 17.2 Å². The minimum Gasteiger partial charge on any atom is -0.490 e. The Balaban J connectivity index is 1.50. The van der Waals surface area contributed by atoms with Gasteiger partial charge >= 0.3 is 5.97 Å². The van der Waals surface area contributed by atoms with Gasteiger partial charge < -0.3 is 19.3 Å². The van der Waals surface area contributed by atoms with E-state index in [4.69, 9.17) is 19.3 Å². The zero-order valence-corrected chi connectivity index (χ0v) is 12.6. The normalized spacial score (nSPS) is 15.9. The number of hydrogen-bond donors (Lipinski definition) is 1. The summed E-state index contributed by atoms with van der Waals surface area (Å²) in [4.78, 5) is 10.6. The van der Waals surface area contributed by atoms with Crippen LogP contribution in [0.4, 0.5) is 0 Å². The van der Waals surface area contributed by atoms with Gasteiger partial charge in [0.05, 0.1) is 0 Å².